The third-order valence-electron chi connectivity index (χ3n) is 3.93. The lowest BCUT2D eigenvalue weighted by Gasteiger charge is -2.31. The van der Waals surface area contributed by atoms with Gasteiger partial charge in [0.15, 0.2) is 0 Å². The molecule has 0 amide bonds. The monoisotopic (exact) mass is 293 g/mol. The van der Waals surface area contributed by atoms with E-state index in [1.54, 1.807) is 13.1 Å². The van der Waals surface area contributed by atoms with Crippen molar-refractivity contribution in [2.24, 2.45) is 0 Å². The molecule has 2 heterocycles. The Kier molecular flexibility index (Phi) is 4.95. The number of likely N-dealkylation sites (N-methyl/N-ethyl adjacent to an activating group) is 1. The predicted octanol–water partition coefficient (Wildman–Crippen LogP) is 1.95. The van der Waals surface area contributed by atoms with Gasteiger partial charge in [0, 0.05) is 26.2 Å². The highest BCUT2D eigenvalue weighted by Crippen LogP contribution is 2.26. The molecule has 0 aromatic carbocycles. The highest BCUT2D eigenvalue weighted by atomic mass is 16.6. The predicted molar refractivity (Wildman–Crippen MR) is 84.0 cm³/mol. The smallest absolute Gasteiger partial charge is 0.276 e. The van der Waals surface area contributed by atoms with E-state index in [4.69, 9.17) is 0 Å². The first-order valence-electron chi connectivity index (χ1n) is 7.34. The van der Waals surface area contributed by atoms with E-state index in [1.807, 2.05) is 0 Å². The second kappa shape index (κ2) is 6.71. The number of nitrogens with zero attached hydrogens (tertiary/aromatic N) is 4. The summed E-state index contributed by atoms with van der Waals surface area (Å²) in [6.07, 6.45) is 2.02. The molecule has 0 radical (unpaired) electrons. The maximum absolute atomic E-state index is 11.1. The van der Waals surface area contributed by atoms with Gasteiger partial charge in [-0.05, 0) is 26.4 Å². The zero-order chi connectivity index (χ0) is 15.4. The molecule has 7 heteroatoms. The van der Waals surface area contributed by atoms with E-state index in [1.165, 1.54) is 6.07 Å². The van der Waals surface area contributed by atoms with Gasteiger partial charge in [0.25, 0.3) is 5.69 Å². The number of hydrogen-bond donors (Lipinski definition) is 1. The molecule has 0 saturated carbocycles. The standard InChI is InChI=1S/C14H23N5O2/c1-4-11-10-17(3)6-5-7-18(11)14-9-12(19(20)21)8-13(15-2)16-14/h8-9,11H,4-7,10H2,1-3H3,(H,15,16). The molecule has 0 aliphatic carbocycles. The van der Waals surface area contributed by atoms with Crippen molar-refractivity contribution in [2.75, 3.05) is 43.9 Å². The van der Waals surface area contributed by atoms with E-state index in [-0.39, 0.29) is 10.6 Å². The Morgan fingerprint density at radius 3 is 2.86 bits per heavy atom. The number of nitrogens with one attached hydrogen (secondary N) is 1. The van der Waals surface area contributed by atoms with Gasteiger partial charge in [-0.25, -0.2) is 4.98 Å². The van der Waals surface area contributed by atoms with Crippen LogP contribution in [0.5, 0.6) is 0 Å². The van der Waals surface area contributed by atoms with E-state index in [0.29, 0.717) is 17.7 Å². The van der Waals surface area contributed by atoms with Crippen molar-refractivity contribution in [3.05, 3.63) is 22.2 Å². The van der Waals surface area contributed by atoms with Crippen molar-refractivity contribution >= 4 is 17.3 Å². The minimum Gasteiger partial charge on any atom is -0.373 e. The molecule has 0 bridgehead atoms. The van der Waals surface area contributed by atoms with Gasteiger partial charge in [-0.1, -0.05) is 6.92 Å². The molecule has 2 rings (SSSR count). The van der Waals surface area contributed by atoms with Crippen molar-refractivity contribution in [3.63, 3.8) is 0 Å². The molecule has 1 N–H and O–H groups in total. The third kappa shape index (κ3) is 3.60. The van der Waals surface area contributed by atoms with Crippen LogP contribution in [0.4, 0.5) is 17.3 Å². The van der Waals surface area contributed by atoms with Gasteiger partial charge in [0.05, 0.1) is 17.1 Å². The summed E-state index contributed by atoms with van der Waals surface area (Å²) in [6, 6.07) is 3.38. The Morgan fingerprint density at radius 2 is 2.24 bits per heavy atom. The van der Waals surface area contributed by atoms with Gasteiger partial charge in [0.2, 0.25) is 0 Å². The van der Waals surface area contributed by atoms with E-state index < -0.39 is 0 Å². The molecule has 1 aliphatic heterocycles. The number of anilines is 2. The molecule has 1 fully saturated rings. The van der Waals surface area contributed by atoms with Gasteiger partial charge in [-0.15, -0.1) is 0 Å². The van der Waals surface area contributed by atoms with Crippen LogP contribution in [0.2, 0.25) is 0 Å². The third-order valence-corrected chi connectivity index (χ3v) is 3.93. The van der Waals surface area contributed by atoms with Crippen LogP contribution in [-0.4, -0.2) is 54.6 Å². The normalized spacial score (nSPS) is 20.1. The van der Waals surface area contributed by atoms with Gasteiger partial charge >= 0.3 is 0 Å². The first kappa shape index (κ1) is 15.5. The average molecular weight is 293 g/mol. The van der Waals surface area contributed by atoms with Crippen molar-refractivity contribution in [1.29, 1.82) is 0 Å². The van der Waals surface area contributed by atoms with Gasteiger partial charge < -0.3 is 15.1 Å². The summed E-state index contributed by atoms with van der Waals surface area (Å²) >= 11 is 0. The Bertz CT molecular complexity index is 508. The van der Waals surface area contributed by atoms with Crippen LogP contribution in [-0.2, 0) is 0 Å². The summed E-state index contributed by atoms with van der Waals surface area (Å²) in [5.74, 6) is 1.22. The summed E-state index contributed by atoms with van der Waals surface area (Å²) in [4.78, 5) is 19.8. The molecule has 0 spiro atoms. The molecule has 1 aromatic rings. The fraction of sp³-hybridized carbons (Fsp3) is 0.643. The molecule has 116 valence electrons. The largest absolute Gasteiger partial charge is 0.373 e. The quantitative estimate of drug-likeness (QED) is 0.675. The zero-order valence-electron chi connectivity index (χ0n) is 12.9. The molecule has 1 aliphatic rings. The Labute approximate surface area is 125 Å². The minimum absolute atomic E-state index is 0.0804. The molecule has 1 saturated heterocycles. The van der Waals surface area contributed by atoms with Gasteiger partial charge in [-0.2, -0.15) is 0 Å². The maximum atomic E-state index is 11.1. The van der Waals surface area contributed by atoms with E-state index >= 15 is 0 Å². The Morgan fingerprint density at radius 1 is 1.48 bits per heavy atom. The highest BCUT2D eigenvalue weighted by Gasteiger charge is 2.25. The lowest BCUT2D eigenvalue weighted by atomic mass is 10.2. The van der Waals surface area contributed by atoms with Crippen LogP contribution in [0.25, 0.3) is 0 Å². The topological polar surface area (TPSA) is 74.5 Å². The Hall–Kier alpha value is -1.89. The summed E-state index contributed by atoms with van der Waals surface area (Å²) in [6.45, 7) is 5.02. The SMILES string of the molecule is CCC1CN(C)CCCN1c1cc([N+](=O)[O-])cc(NC)n1. The first-order valence-corrected chi connectivity index (χ1v) is 7.34. The summed E-state index contributed by atoms with van der Waals surface area (Å²) in [5, 5.41) is 14.0. The lowest BCUT2D eigenvalue weighted by Crippen LogP contribution is -2.40. The summed E-state index contributed by atoms with van der Waals surface area (Å²) in [7, 11) is 3.84. The summed E-state index contributed by atoms with van der Waals surface area (Å²) in [5.41, 5.74) is 0.0804. The molecule has 7 nitrogen and oxygen atoms in total. The number of nitro groups is 1. The molecular weight excluding hydrogens is 270 g/mol. The minimum atomic E-state index is -0.364. The van der Waals surface area contributed by atoms with Crippen LogP contribution in [0.15, 0.2) is 12.1 Å². The second-order valence-electron chi connectivity index (χ2n) is 5.45. The number of hydrogen-bond acceptors (Lipinski definition) is 6. The van der Waals surface area contributed by atoms with Crippen LogP contribution in [0.3, 0.4) is 0 Å². The molecule has 1 atom stereocenters. The maximum Gasteiger partial charge on any atom is 0.276 e. The fourth-order valence-electron chi connectivity index (χ4n) is 2.78. The van der Waals surface area contributed by atoms with Crippen molar-refractivity contribution in [2.45, 2.75) is 25.8 Å². The Balaban J connectivity index is 2.37. The van der Waals surface area contributed by atoms with E-state index in [2.05, 4.69) is 34.1 Å². The molecular formula is C14H23N5O2. The lowest BCUT2D eigenvalue weighted by molar-refractivity contribution is -0.384. The van der Waals surface area contributed by atoms with Crippen LogP contribution in [0, 0.1) is 10.1 Å². The molecule has 21 heavy (non-hydrogen) atoms. The van der Waals surface area contributed by atoms with Crippen molar-refractivity contribution in [1.82, 2.24) is 9.88 Å². The van der Waals surface area contributed by atoms with E-state index in [0.717, 1.165) is 32.5 Å². The average Bonchev–Trinajstić information content (AvgIpc) is 2.67. The fourth-order valence-corrected chi connectivity index (χ4v) is 2.78. The first-order chi connectivity index (χ1) is 10.0. The molecule has 1 aromatic heterocycles. The second-order valence-corrected chi connectivity index (χ2v) is 5.45. The van der Waals surface area contributed by atoms with Crippen LogP contribution >= 0.6 is 0 Å². The van der Waals surface area contributed by atoms with Gasteiger partial charge in [-0.3, -0.25) is 10.1 Å². The zero-order valence-corrected chi connectivity index (χ0v) is 12.9. The van der Waals surface area contributed by atoms with Gasteiger partial charge in [0.1, 0.15) is 11.6 Å². The molecule has 1 unspecified atom stereocenters. The number of pyridine rings is 1. The van der Waals surface area contributed by atoms with Crippen molar-refractivity contribution in [3.8, 4) is 0 Å². The van der Waals surface area contributed by atoms with Crippen LogP contribution < -0.4 is 10.2 Å². The number of rotatable bonds is 4. The van der Waals surface area contributed by atoms with Crippen LogP contribution in [0.1, 0.15) is 19.8 Å². The summed E-state index contributed by atoms with van der Waals surface area (Å²) < 4.78 is 0. The van der Waals surface area contributed by atoms with Crippen molar-refractivity contribution < 1.29 is 4.92 Å². The highest BCUT2D eigenvalue weighted by molar-refractivity contribution is 5.56. The van der Waals surface area contributed by atoms with E-state index in [9.17, 15) is 10.1 Å². The number of aromatic nitrogens is 1.